The number of hydrogen-bond acceptors (Lipinski definition) is 9. The van der Waals surface area contributed by atoms with E-state index in [1.165, 1.54) is 30.5 Å². The first-order chi connectivity index (χ1) is 24.3. The molecule has 0 spiro atoms. The third-order valence-electron chi connectivity index (χ3n) is 8.55. The lowest BCUT2D eigenvalue weighted by molar-refractivity contribution is -0.144. The number of methoxy groups -OCH3 is 1. The number of nitrogens with one attached hydrogen (secondary N) is 2. The van der Waals surface area contributed by atoms with Crippen molar-refractivity contribution in [2.45, 2.75) is 23.2 Å². The Balaban J connectivity index is 1.18. The Morgan fingerprint density at radius 2 is 1.52 bits per heavy atom. The summed E-state index contributed by atoms with van der Waals surface area (Å²) in [6, 6.07) is 31.4. The van der Waals surface area contributed by atoms with Gasteiger partial charge in [-0.3, -0.25) is 14.5 Å². The average Bonchev–Trinajstić information content (AvgIpc) is 3.60. The number of aromatic amines is 1. The highest BCUT2D eigenvalue weighted by Crippen LogP contribution is 2.33. The highest BCUT2D eigenvalue weighted by molar-refractivity contribution is 8.00. The smallest absolute Gasteiger partial charge is 0.344 e. The van der Waals surface area contributed by atoms with Crippen LogP contribution in [0.2, 0.25) is 0 Å². The van der Waals surface area contributed by atoms with E-state index in [1.807, 2.05) is 65.6 Å². The van der Waals surface area contributed by atoms with Gasteiger partial charge in [0.2, 0.25) is 5.91 Å². The van der Waals surface area contributed by atoms with Gasteiger partial charge in [-0.2, -0.15) is 0 Å². The number of H-pyrrole nitrogens is 1. The van der Waals surface area contributed by atoms with E-state index in [4.69, 9.17) is 4.74 Å². The summed E-state index contributed by atoms with van der Waals surface area (Å²) in [6.45, 7) is 3.54. The van der Waals surface area contributed by atoms with Gasteiger partial charge in [-0.1, -0.05) is 90.6 Å². The summed E-state index contributed by atoms with van der Waals surface area (Å²) < 4.78 is 9.86. The maximum Gasteiger partial charge on any atom is 0.344 e. The van der Waals surface area contributed by atoms with Gasteiger partial charge in [0.15, 0.2) is 6.61 Å². The number of anilines is 1. The number of carbonyl (C=O) groups is 4. The molecule has 1 aliphatic heterocycles. The van der Waals surface area contributed by atoms with Gasteiger partial charge < -0.3 is 24.7 Å². The maximum atomic E-state index is 13.8. The molecule has 3 heterocycles. The number of aromatic nitrogens is 2. The quantitative estimate of drug-likeness (QED) is 0.135. The number of para-hydroxylation sites is 1. The lowest BCUT2D eigenvalue weighted by Crippen LogP contribution is -2.51. The molecule has 50 heavy (non-hydrogen) atoms. The SMILES string of the molecule is COC(=O)COC(=O)c1c(NC(=O)c2cc3ccccc3[nH]2)ccnc1S[C@H](C)C(=O)N1CCN(C(c2ccccc2)c2ccccc2)CC1. The summed E-state index contributed by atoms with van der Waals surface area (Å²) in [5.74, 6) is -2.23. The van der Waals surface area contributed by atoms with Gasteiger partial charge in [0.05, 0.1) is 24.1 Å². The van der Waals surface area contributed by atoms with Gasteiger partial charge in [0.25, 0.3) is 5.91 Å². The molecular formula is C38H37N5O6S. The van der Waals surface area contributed by atoms with E-state index >= 15 is 0 Å². The Kier molecular flexibility index (Phi) is 10.9. The standard InChI is InChI=1S/C38H37N5O6S/c1-25(37(46)43-21-19-42(20-22-43)34(26-11-5-3-6-12-26)27-13-7-4-8-14-27)50-36-33(38(47)49-24-32(44)48-2)30(17-18-39-36)41-35(45)31-23-28-15-9-10-16-29(28)40-31/h3-18,23,25,34,40H,19-22,24H2,1-2H3,(H,39,41,45)/t25-/m1/s1. The number of benzene rings is 3. The van der Waals surface area contributed by atoms with Crippen LogP contribution in [-0.4, -0.2) is 88.7 Å². The Bertz CT molecular complexity index is 1910. The molecule has 6 rings (SSSR count). The van der Waals surface area contributed by atoms with Crippen LogP contribution in [0.1, 0.15) is 44.9 Å². The fraction of sp³-hybridized carbons (Fsp3) is 0.237. The van der Waals surface area contributed by atoms with E-state index in [1.54, 1.807) is 13.0 Å². The van der Waals surface area contributed by atoms with Crippen molar-refractivity contribution >= 4 is 52.1 Å². The minimum absolute atomic E-state index is 0.0616. The van der Waals surface area contributed by atoms with Crippen LogP contribution in [0, 0.1) is 0 Å². The lowest BCUT2D eigenvalue weighted by Gasteiger charge is -2.40. The number of ether oxygens (including phenoxy) is 2. The highest BCUT2D eigenvalue weighted by atomic mass is 32.2. The Labute approximate surface area is 294 Å². The summed E-state index contributed by atoms with van der Waals surface area (Å²) in [4.78, 5) is 64.0. The second-order valence-corrected chi connectivity index (χ2v) is 13.1. The zero-order valence-corrected chi connectivity index (χ0v) is 28.5. The minimum atomic E-state index is -0.890. The van der Waals surface area contributed by atoms with Gasteiger partial charge >= 0.3 is 11.9 Å². The van der Waals surface area contributed by atoms with Crippen LogP contribution < -0.4 is 5.32 Å². The van der Waals surface area contributed by atoms with E-state index < -0.39 is 29.7 Å². The molecule has 2 aromatic heterocycles. The number of esters is 2. The molecule has 1 saturated heterocycles. The summed E-state index contributed by atoms with van der Waals surface area (Å²) >= 11 is 1.09. The molecule has 2 amide bonds. The number of carbonyl (C=O) groups excluding carboxylic acids is 4. The molecule has 3 aromatic carbocycles. The van der Waals surface area contributed by atoms with E-state index in [0.717, 1.165) is 22.7 Å². The number of amides is 2. The topological polar surface area (TPSA) is 134 Å². The second-order valence-electron chi connectivity index (χ2n) is 11.8. The van der Waals surface area contributed by atoms with E-state index in [-0.39, 0.29) is 33.9 Å². The molecule has 0 bridgehead atoms. The minimum Gasteiger partial charge on any atom is -0.466 e. The van der Waals surface area contributed by atoms with Crippen molar-refractivity contribution < 1.29 is 28.7 Å². The van der Waals surface area contributed by atoms with Crippen molar-refractivity contribution in [1.29, 1.82) is 0 Å². The lowest BCUT2D eigenvalue weighted by atomic mass is 9.96. The molecular weight excluding hydrogens is 655 g/mol. The normalized spacial score (nSPS) is 13.9. The van der Waals surface area contributed by atoms with Crippen LogP contribution in [0.4, 0.5) is 5.69 Å². The summed E-state index contributed by atoms with van der Waals surface area (Å²) in [5, 5.41) is 3.19. The third-order valence-corrected chi connectivity index (χ3v) is 9.64. The number of rotatable bonds is 11. The number of pyridine rings is 1. The van der Waals surface area contributed by atoms with Crippen molar-refractivity contribution in [3.63, 3.8) is 0 Å². The molecule has 0 saturated carbocycles. The van der Waals surface area contributed by atoms with Crippen LogP contribution in [0.3, 0.4) is 0 Å². The highest BCUT2D eigenvalue weighted by Gasteiger charge is 2.32. The van der Waals surface area contributed by atoms with Crippen molar-refractivity contribution in [3.05, 3.63) is 126 Å². The molecule has 1 aliphatic rings. The van der Waals surface area contributed by atoms with Gasteiger partial charge in [-0.15, -0.1) is 0 Å². The summed E-state index contributed by atoms with van der Waals surface area (Å²) in [5.41, 5.74) is 3.51. The first kappa shape index (κ1) is 34.4. The zero-order valence-electron chi connectivity index (χ0n) is 27.7. The van der Waals surface area contributed by atoms with E-state index in [9.17, 15) is 19.2 Å². The van der Waals surface area contributed by atoms with Crippen LogP contribution in [0.5, 0.6) is 0 Å². The van der Waals surface area contributed by atoms with Crippen molar-refractivity contribution in [2.24, 2.45) is 0 Å². The molecule has 12 heteroatoms. The molecule has 0 radical (unpaired) electrons. The van der Waals surface area contributed by atoms with Crippen LogP contribution in [-0.2, 0) is 19.1 Å². The number of fused-ring (bicyclic) bond motifs is 1. The largest absolute Gasteiger partial charge is 0.466 e. The number of thioether (sulfide) groups is 1. The third kappa shape index (κ3) is 7.88. The van der Waals surface area contributed by atoms with Gasteiger partial charge in [0.1, 0.15) is 16.3 Å². The Hall–Kier alpha value is -5.46. The molecule has 11 nitrogen and oxygen atoms in total. The molecule has 256 valence electrons. The summed E-state index contributed by atoms with van der Waals surface area (Å²) in [7, 11) is 1.18. The zero-order chi connectivity index (χ0) is 35.0. The maximum absolute atomic E-state index is 13.8. The Morgan fingerprint density at radius 3 is 2.16 bits per heavy atom. The van der Waals surface area contributed by atoms with Crippen LogP contribution in [0.15, 0.2) is 108 Å². The first-order valence-corrected chi connectivity index (χ1v) is 17.1. The monoisotopic (exact) mass is 691 g/mol. The first-order valence-electron chi connectivity index (χ1n) is 16.2. The molecule has 0 unspecified atom stereocenters. The van der Waals surface area contributed by atoms with Crippen molar-refractivity contribution in [3.8, 4) is 0 Å². The van der Waals surface area contributed by atoms with Crippen molar-refractivity contribution in [1.82, 2.24) is 19.8 Å². The average molecular weight is 692 g/mol. The Morgan fingerprint density at radius 1 is 0.880 bits per heavy atom. The fourth-order valence-electron chi connectivity index (χ4n) is 6.03. The van der Waals surface area contributed by atoms with E-state index in [0.29, 0.717) is 26.2 Å². The number of hydrogen-bond donors (Lipinski definition) is 2. The van der Waals surface area contributed by atoms with Gasteiger partial charge in [-0.05, 0) is 36.2 Å². The molecule has 0 aliphatic carbocycles. The van der Waals surface area contributed by atoms with E-state index in [2.05, 4.69) is 49.2 Å². The van der Waals surface area contributed by atoms with Crippen LogP contribution in [0.25, 0.3) is 10.9 Å². The second kappa shape index (κ2) is 15.8. The number of piperazine rings is 1. The summed E-state index contributed by atoms with van der Waals surface area (Å²) in [6.07, 6.45) is 1.45. The van der Waals surface area contributed by atoms with Gasteiger partial charge in [0, 0.05) is 43.3 Å². The van der Waals surface area contributed by atoms with Gasteiger partial charge in [-0.25, -0.2) is 14.6 Å². The predicted molar refractivity (Wildman–Crippen MR) is 191 cm³/mol. The molecule has 1 atom stereocenters. The van der Waals surface area contributed by atoms with Crippen LogP contribution >= 0.6 is 11.8 Å². The molecule has 2 N–H and O–H groups in total. The van der Waals surface area contributed by atoms with Crippen molar-refractivity contribution in [2.75, 3.05) is 45.2 Å². The predicted octanol–water partition coefficient (Wildman–Crippen LogP) is 5.56. The molecule has 1 fully saturated rings. The number of nitrogens with zero attached hydrogens (tertiary/aromatic N) is 3. The molecule has 5 aromatic rings. The fourth-order valence-corrected chi connectivity index (χ4v) is 7.05.